The van der Waals surface area contributed by atoms with Crippen LogP contribution in [0.4, 0.5) is 39.4 Å². The monoisotopic (exact) mass is 460 g/mol. The van der Waals surface area contributed by atoms with E-state index in [1.165, 1.54) is 34.9 Å². The Morgan fingerprint density at radius 3 is 2.15 bits per heavy atom. The minimum Gasteiger partial charge on any atom is -0.324 e. The fraction of sp³-hybridized carbons (Fsp3) is 0.348. The van der Waals surface area contributed by atoms with Crippen LogP contribution in [0.15, 0.2) is 36.4 Å². The van der Waals surface area contributed by atoms with E-state index in [0.717, 1.165) is 31.0 Å². The Bertz CT molecular complexity index is 1160. The molecule has 1 aliphatic carbocycles. The fourth-order valence-electron chi connectivity index (χ4n) is 4.66. The van der Waals surface area contributed by atoms with E-state index in [0.29, 0.717) is 12.8 Å². The van der Waals surface area contributed by atoms with Crippen LogP contribution in [0, 0.1) is 17.1 Å². The summed E-state index contributed by atoms with van der Waals surface area (Å²) in [5.74, 6) is -1.17. The van der Waals surface area contributed by atoms with Crippen molar-refractivity contribution in [2.75, 3.05) is 15.1 Å². The largest absolute Gasteiger partial charge is 0.417 e. The van der Waals surface area contributed by atoms with Gasteiger partial charge in [-0.3, -0.25) is 14.6 Å². The van der Waals surface area contributed by atoms with Crippen LogP contribution < -0.4 is 15.1 Å². The van der Waals surface area contributed by atoms with Crippen molar-refractivity contribution < 1.29 is 27.2 Å². The van der Waals surface area contributed by atoms with Crippen molar-refractivity contribution >= 4 is 29.0 Å². The molecule has 2 aliphatic rings. The first-order valence-electron chi connectivity index (χ1n) is 10.4. The van der Waals surface area contributed by atoms with Crippen LogP contribution in [0.5, 0.6) is 0 Å². The number of hydrogen-bond donors (Lipinski definition) is 1. The molecule has 1 heterocycles. The van der Waals surface area contributed by atoms with Gasteiger partial charge < -0.3 is 5.32 Å². The number of rotatable bonds is 3. The number of nitriles is 1. The molecule has 0 aromatic heterocycles. The number of benzene rings is 2. The maximum absolute atomic E-state index is 14.6. The number of fused-ring (bicyclic) bond motifs is 1. The molecule has 33 heavy (non-hydrogen) atoms. The third-order valence-electron chi connectivity index (χ3n) is 6.02. The van der Waals surface area contributed by atoms with E-state index in [1.807, 2.05) is 0 Å². The highest BCUT2D eigenvalue weighted by Crippen LogP contribution is 2.42. The van der Waals surface area contributed by atoms with E-state index in [4.69, 9.17) is 5.26 Å². The molecule has 0 unspecified atom stereocenters. The van der Waals surface area contributed by atoms with Crippen molar-refractivity contribution in [2.24, 2.45) is 0 Å². The van der Waals surface area contributed by atoms with Gasteiger partial charge in [-0.25, -0.2) is 9.18 Å². The standard InChI is InChI=1S/C23H20F4N4O2/c1-13(32)29-19-9-8-16(11-18(19)24)31-21-5-3-2-4-20(21)30(22(31)33)15-7-6-14(12-28)17(10-15)23(25,26)27/h6-11,20-21H,2-5H2,1H3,(H,29,32)/t20-,21-/m0/s1. The highest BCUT2D eigenvalue weighted by atomic mass is 19.4. The smallest absolute Gasteiger partial charge is 0.324 e. The molecule has 2 atom stereocenters. The lowest BCUT2D eigenvalue weighted by atomic mass is 9.89. The Balaban J connectivity index is 1.75. The first-order valence-corrected chi connectivity index (χ1v) is 10.4. The molecule has 0 bridgehead atoms. The molecule has 1 aliphatic heterocycles. The van der Waals surface area contributed by atoms with Gasteiger partial charge in [-0.2, -0.15) is 18.4 Å². The number of nitrogens with one attached hydrogen (secondary N) is 1. The lowest BCUT2D eigenvalue weighted by molar-refractivity contribution is -0.137. The number of halogens is 4. The van der Waals surface area contributed by atoms with Crippen molar-refractivity contribution in [3.8, 4) is 6.07 Å². The molecule has 1 N–H and O–H groups in total. The Hall–Kier alpha value is -3.61. The normalized spacial score (nSPS) is 20.4. The molecule has 2 fully saturated rings. The molecule has 6 nitrogen and oxygen atoms in total. The number of nitrogens with zero attached hydrogens (tertiary/aromatic N) is 3. The molecule has 2 aromatic rings. The van der Waals surface area contributed by atoms with Gasteiger partial charge in [0.1, 0.15) is 5.82 Å². The molecule has 2 aromatic carbocycles. The molecular formula is C23H20F4N4O2. The third-order valence-corrected chi connectivity index (χ3v) is 6.02. The summed E-state index contributed by atoms with van der Waals surface area (Å²) in [6, 6.07) is 7.46. The van der Waals surface area contributed by atoms with Gasteiger partial charge in [-0.1, -0.05) is 12.8 Å². The summed E-state index contributed by atoms with van der Waals surface area (Å²) in [6.45, 7) is 1.24. The average molecular weight is 460 g/mol. The molecule has 3 amide bonds. The van der Waals surface area contributed by atoms with Crippen LogP contribution in [0.25, 0.3) is 0 Å². The topological polar surface area (TPSA) is 76.4 Å². The maximum atomic E-state index is 14.6. The summed E-state index contributed by atoms with van der Waals surface area (Å²) in [5.41, 5.74) is -1.36. The van der Waals surface area contributed by atoms with Crippen LogP contribution in [0.3, 0.4) is 0 Å². The lowest BCUT2D eigenvalue weighted by Gasteiger charge is -2.32. The Kier molecular flexibility index (Phi) is 5.74. The minimum absolute atomic E-state index is 0.0307. The van der Waals surface area contributed by atoms with Gasteiger partial charge in [-0.15, -0.1) is 0 Å². The average Bonchev–Trinajstić information content (AvgIpc) is 3.05. The van der Waals surface area contributed by atoms with Crippen molar-refractivity contribution in [3.63, 3.8) is 0 Å². The molecule has 0 radical (unpaired) electrons. The van der Waals surface area contributed by atoms with Gasteiger partial charge in [0.25, 0.3) is 0 Å². The van der Waals surface area contributed by atoms with Gasteiger partial charge in [0.05, 0.1) is 35.0 Å². The Labute approximate surface area is 187 Å². The summed E-state index contributed by atoms with van der Waals surface area (Å²) in [6.07, 6.45) is -1.92. The Morgan fingerprint density at radius 2 is 1.64 bits per heavy atom. The quantitative estimate of drug-likeness (QED) is 0.621. The van der Waals surface area contributed by atoms with Crippen LogP contribution in [-0.4, -0.2) is 24.0 Å². The maximum Gasteiger partial charge on any atom is 0.417 e. The van der Waals surface area contributed by atoms with E-state index in [1.54, 1.807) is 6.07 Å². The SMILES string of the molecule is CC(=O)Nc1ccc(N2C(=O)N(c3ccc(C#N)c(C(F)(F)F)c3)[C@H]3CCCC[C@@H]32)cc1F. The van der Waals surface area contributed by atoms with Crippen molar-refractivity contribution in [2.45, 2.75) is 50.9 Å². The molecule has 1 saturated heterocycles. The minimum atomic E-state index is -4.75. The second-order valence-corrected chi connectivity index (χ2v) is 8.13. The van der Waals surface area contributed by atoms with E-state index in [9.17, 15) is 27.2 Å². The number of alkyl halides is 3. The van der Waals surface area contributed by atoms with E-state index in [-0.39, 0.29) is 23.1 Å². The molecule has 10 heteroatoms. The molecule has 1 saturated carbocycles. The highest BCUT2D eigenvalue weighted by Gasteiger charge is 2.48. The second kappa shape index (κ2) is 8.39. The number of hydrogen-bond acceptors (Lipinski definition) is 3. The fourth-order valence-corrected chi connectivity index (χ4v) is 4.66. The first kappa shape index (κ1) is 22.6. The van der Waals surface area contributed by atoms with Gasteiger partial charge in [0, 0.05) is 18.3 Å². The zero-order chi connectivity index (χ0) is 23.9. The van der Waals surface area contributed by atoms with E-state index in [2.05, 4.69) is 5.32 Å². The van der Waals surface area contributed by atoms with Crippen molar-refractivity contribution in [3.05, 3.63) is 53.3 Å². The van der Waals surface area contributed by atoms with Crippen LogP contribution in [-0.2, 0) is 11.0 Å². The highest BCUT2D eigenvalue weighted by molar-refractivity contribution is 6.08. The second-order valence-electron chi connectivity index (χ2n) is 8.13. The van der Waals surface area contributed by atoms with Gasteiger partial charge >= 0.3 is 12.2 Å². The van der Waals surface area contributed by atoms with E-state index >= 15 is 0 Å². The summed E-state index contributed by atoms with van der Waals surface area (Å²) >= 11 is 0. The summed E-state index contributed by atoms with van der Waals surface area (Å²) in [5, 5.41) is 11.4. The number of anilines is 3. The zero-order valence-corrected chi connectivity index (χ0v) is 17.6. The van der Waals surface area contributed by atoms with Crippen molar-refractivity contribution in [1.29, 1.82) is 5.26 Å². The predicted molar refractivity (Wildman–Crippen MR) is 113 cm³/mol. The van der Waals surface area contributed by atoms with Crippen molar-refractivity contribution in [1.82, 2.24) is 0 Å². The zero-order valence-electron chi connectivity index (χ0n) is 17.6. The molecular weight excluding hydrogens is 440 g/mol. The summed E-state index contributed by atoms with van der Waals surface area (Å²) in [4.78, 5) is 27.4. The van der Waals surface area contributed by atoms with Gasteiger partial charge in [0.2, 0.25) is 5.91 Å². The molecule has 0 spiro atoms. The van der Waals surface area contributed by atoms with E-state index < -0.39 is 41.1 Å². The number of carbonyl (C=O) groups excluding carboxylic acids is 2. The van der Waals surface area contributed by atoms with Gasteiger partial charge in [-0.05, 0) is 49.2 Å². The van der Waals surface area contributed by atoms with Gasteiger partial charge in [0.15, 0.2) is 0 Å². The summed E-state index contributed by atoms with van der Waals surface area (Å²) in [7, 11) is 0. The summed E-state index contributed by atoms with van der Waals surface area (Å²) < 4.78 is 55.1. The van der Waals surface area contributed by atoms with Crippen LogP contribution >= 0.6 is 0 Å². The number of urea groups is 1. The predicted octanol–water partition coefficient (Wildman–Crippen LogP) is 5.43. The first-order chi connectivity index (χ1) is 15.6. The molecule has 172 valence electrons. The Morgan fingerprint density at radius 1 is 1.06 bits per heavy atom. The van der Waals surface area contributed by atoms with Crippen LogP contribution in [0.1, 0.15) is 43.7 Å². The number of carbonyl (C=O) groups is 2. The third kappa shape index (κ3) is 4.11. The van der Waals surface area contributed by atoms with Crippen LogP contribution in [0.2, 0.25) is 0 Å². The molecule has 4 rings (SSSR count). The number of amides is 3. The lowest BCUT2D eigenvalue weighted by Crippen LogP contribution is -2.40.